The van der Waals surface area contributed by atoms with Gasteiger partial charge in [0.05, 0.1) is 10.7 Å². The van der Waals surface area contributed by atoms with Crippen LogP contribution in [0.3, 0.4) is 0 Å². The number of aryl methyl sites for hydroxylation is 2. The number of hydrogen-bond acceptors (Lipinski definition) is 6. The number of ether oxygens (including phenoxy) is 2. The van der Waals surface area contributed by atoms with Crippen molar-refractivity contribution in [1.82, 2.24) is 14.8 Å². The van der Waals surface area contributed by atoms with Crippen molar-refractivity contribution in [3.8, 4) is 11.5 Å². The molecule has 1 amide bonds. The van der Waals surface area contributed by atoms with E-state index in [2.05, 4.69) is 28.9 Å². The first-order valence-corrected chi connectivity index (χ1v) is 10.3. The van der Waals surface area contributed by atoms with E-state index in [0.29, 0.717) is 6.79 Å². The number of rotatable bonds is 5. The van der Waals surface area contributed by atoms with Crippen molar-refractivity contribution < 1.29 is 14.3 Å². The molecule has 7 heteroatoms. The summed E-state index contributed by atoms with van der Waals surface area (Å²) in [6.07, 6.45) is 1.88. The van der Waals surface area contributed by atoms with Crippen LogP contribution < -0.4 is 9.47 Å². The lowest BCUT2D eigenvalue weighted by molar-refractivity contribution is 0.0632. The molecule has 0 radical (unpaired) electrons. The molecule has 6 nitrogen and oxygen atoms in total. The molecule has 0 spiro atoms. The summed E-state index contributed by atoms with van der Waals surface area (Å²) in [5, 5.41) is 0.975. The van der Waals surface area contributed by atoms with Gasteiger partial charge in [-0.3, -0.25) is 9.69 Å². The van der Waals surface area contributed by atoms with Gasteiger partial charge in [0, 0.05) is 32.7 Å². The number of nitrogens with zero attached hydrogens (tertiary/aromatic N) is 3. The predicted octanol–water partition coefficient (Wildman–Crippen LogP) is 3.09. The molecule has 4 rings (SSSR count). The molecule has 0 saturated carbocycles. The second-order valence-electron chi connectivity index (χ2n) is 7.01. The predicted molar refractivity (Wildman–Crippen MR) is 105 cm³/mol. The fourth-order valence-electron chi connectivity index (χ4n) is 3.59. The Balaban J connectivity index is 1.35. The summed E-state index contributed by atoms with van der Waals surface area (Å²) < 4.78 is 10.8. The number of piperazine rings is 1. The summed E-state index contributed by atoms with van der Waals surface area (Å²) in [7, 11) is 0. The number of hydrogen-bond donors (Lipinski definition) is 0. The number of thiazole rings is 1. The summed E-state index contributed by atoms with van der Waals surface area (Å²) in [6, 6.07) is 6.11. The number of carbonyl (C=O) groups excluding carboxylic acids is 1. The van der Waals surface area contributed by atoms with Crippen molar-refractivity contribution in [2.75, 3.05) is 33.0 Å². The number of amides is 1. The van der Waals surface area contributed by atoms with Gasteiger partial charge in [-0.15, -0.1) is 11.3 Å². The lowest BCUT2D eigenvalue weighted by atomic mass is 10.1. The van der Waals surface area contributed by atoms with Crippen LogP contribution in [0, 0.1) is 6.92 Å². The zero-order chi connectivity index (χ0) is 18.8. The second-order valence-corrected chi connectivity index (χ2v) is 8.22. The Bertz CT molecular complexity index is 828. The third kappa shape index (κ3) is 3.94. The van der Waals surface area contributed by atoms with Crippen LogP contribution in [-0.4, -0.2) is 53.7 Å². The molecule has 0 unspecified atom stereocenters. The van der Waals surface area contributed by atoms with E-state index in [-0.39, 0.29) is 5.91 Å². The molecule has 3 heterocycles. The van der Waals surface area contributed by atoms with Gasteiger partial charge in [-0.05, 0) is 31.0 Å². The highest BCUT2D eigenvalue weighted by atomic mass is 32.1. The zero-order valence-electron chi connectivity index (χ0n) is 15.9. The SMILES string of the molecule is CCCc1nc(C)sc1C(=O)N1CCN(Cc2ccc3c(c2)OCO3)CC1. The molecule has 1 saturated heterocycles. The molecule has 0 N–H and O–H groups in total. The van der Waals surface area contributed by atoms with Gasteiger partial charge >= 0.3 is 0 Å². The normalized spacial score (nSPS) is 16.7. The highest BCUT2D eigenvalue weighted by Crippen LogP contribution is 2.33. The molecular weight excluding hydrogens is 362 g/mol. The fraction of sp³-hybridized carbons (Fsp3) is 0.500. The van der Waals surface area contributed by atoms with Crippen LogP contribution in [0.1, 0.15) is 39.3 Å². The van der Waals surface area contributed by atoms with E-state index in [1.807, 2.05) is 17.9 Å². The third-order valence-electron chi connectivity index (χ3n) is 4.99. The molecule has 1 aromatic heterocycles. The summed E-state index contributed by atoms with van der Waals surface area (Å²) in [5.74, 6) is 1.79. The molecule has 0 bridgehead atoms. The smallest absolute Gasteiger partial charge is 0.265 e. The van der Waals surface area contributed by atoms with Gasteiger partial charge in [-0.25, -0.2) is 4.98 Å². The van der Waals surface area contributed by atoms with Gasteiger partial charge in [0.25, 0.3) is 5.91 Å². The maximum absolute atomic E-state index is 12.9. The van der Waals surface area contributed by atoms with E-state index in [9.17, 15) is 4.79 Å². The van der Waals surface area contributed by atoms with Gasteiger partial charge in [-0.2, -0.15) is 0 Å². The van der Waals surface area contributed by atoms with Crippen molar-refractivity contribution in [3.63, 3.8) is 0 Å². The molecular formula is C20H25N3O3S. The first kappa shape index (κ1) is 18.3. The molecule has 2 aromatic rings. The van der Waals surface area contributed by atoms with Crippen LogP contribution in [0.2, 0.25) is 0 Å². The molecule has 0 atom stereocenters. The van der Waals surface area contributed by atoms with Crippen molar-refractivity contribution in [3.05, 3.63) is 39.3 Å². The minimum absolute atomic E-state index is 0.145. The number of benzene rings is 1. The van der Waals surface area contributed by atoms with E-state index in [0.717, 1.165) is 72.6 Å². The van der Waals surface area contributed by atoms with E-state index in [4.69, 9.17) is 9.47 Å². The Morgan fingerprint density at radius 1 is 1.19 bits per heavy atom. The molecule has 1 fully saturated rings. The molecule has 2 aliphatic rings. The summed E-state index contributed by atoms with van der Waals surface area (Å²) in [5.41, 5.74) is 2.18. The monoisotopic (exact) mass is 387 g/mol. The Kier molecular flexibility index (Phi) is 5.31. The van der Waals surface area contributed by atoms with Gasteiger partial charge in [0.1, 0.15) is 4.88 Å². The van der Waals surface area contributed by atoms with Crippen molar-refractivity contribution in [2.45, 2.75) is 33.2 Å². The van der Waals surface area contributed by atoms with Crippen LogP contribution in [0.15, 0.2) is 18.2 Å². The van der Waals surface area contributed by atoms with Crippen LogP contribution in [0.5, 0.6) is 11.5 Å². The lowest BCUT2D eigenvalue weighted by Gasteiger charge is -2.34. The topological polar surface area (TPSA) is 54.9 Å². The zero-order valence-corrected chi connectivity index (χ0v) is 16.7. The third-order valence-corrected chi connectivity index (χ3v) is 5.99. The van der Waals surface area contributed by atoms with Crippen molar-refractivity contribution in [2.24, 2.45) is 0 Å². The average Bonchev–Trinajstić information content (AvgIpc) is 3.28. The number of aromatic nitrogens is 1. The van der Waals surface area contributed by atoms with Crippen LogP contribution in [0.25, 0.3) is 0 Å². The van der Waals surface area contributed by atoms with Gasteiger partial charge in [0.15, 0.2) is 11.5 Å². The molecule has 2 aliphatic heterocycles. The fourth-order valence-corrected chi connectivity index (χ4v) is 4.53. The molecule has 1 aromatic carbocycles. The average molecular weight is 388 g/mol. The standard InChI is InChI=1S/C20H25N3O3S/c1-3-4-16-19(27-14(2)21-16)20(24)23-9-7-22(8-10-23)12-15-5-6-17-18(11-15)26-13-25-17/h5-6,11H,3-4,7-10,12-13H2,1-2H3. The minimum Gasteiger partial charge on any atom is -0.454 e. The van der Waals surface area contributed by atoms with Crippen LogP contribution >= 0.6 is 11.3 Å². The molecule has 0 aliphatic carbocycles. The van der Waals surface area contributed by atoms with Gasteiger partial charge in [-0.1, -0.05) is 19.4 Å². The molecule has 144 valence electrons. The van der Waals surface area contributed by atoms with Gasteiger partial charge in [0.2, 0.25) is 6.79 Å². The number of fused-ring (bicyclic) bond motifs is 1. The second kappa shape index (κ2) is 7.86. The Morgan fingerprint density at radius 3 is 2.74 bits per heavy atom. The summed E-state index contributed by atoms with van der Waals surface area (Å²) in [6.45, 7) is 8.53. The van der Waals surface area contributed by atoms with Gasteiger partial charge < -0.3 is 14.4 Å². The molecule has 27 heavy (non-hydrogen) atoms. The Labute approximate surface area is 163 Å². The first-order chi connectivity index (χ1) is 13.1. The largest absolute Gasteiger partial charge is 0.454 e. The highest BCUT2D eigenvalue weighted by Gasteiger charge is 2.26. The Morgan fingerprint density at radius 2 is 1.96 bits per heavy atom. The summed E-state index contributed by atoms with van der Waals surface area (Å²) in [4.78, 5) is 22.7. The maximum atomic E-state index is 12.9. The minimum atomic E-state index is 0.145. The van der Waals surface area contributed by atoms with E-state index in [1.54, 1.807) is 0 Å². The first-order valence-electron chi connectivity index (χ1n) is 9.50. The number of carbonyl (C=O) groups is 1. The van der Waals surface area contributed by atoms with E-state index < -0.39 is 0 Å². The quantitative estimate of drug-likeness (QED) is 0.789. The van der Waals surface area contributed by atoms with Crippen molar-refractivity contribution >= 4 is 17.2 Å². The lowest BCUT2D eigenvalue weighted by Crippen LogP contribution is -2.48. The van der Waals surface area contributed by atoms with E-state index in [1.165, 1.54) is 16.9 Å². The maximum Gasteiger partial charge on any atom is 0.265 e. The summed E-state index contributed by atoms with van der Waals surface area (Å²) >= 11 is 1.53. The van der Waals surface area contributed by atoms with Crippen molar-refractivity contribution in [1.29, 1.82) is 0 Å². The van der Waals surface area contributed by atoms with Crippen LogP contribution in [0.4, 0.5) is 0 Å². The highest BCUT2D eigenvalue weighted by molar-refractivity contribution is 7.13. The Hall–Kier alpha value is -2.12. The van der Waals surface area contributed by atoms with E-state index >= 15 is 0 Å². The van der Waals surface area contributed by atoms with Crippen LogP contribution in [-0.2, 0) is 13.0 Å².